The number of halogens is 2. The number of rotatable bonds is 7. The number of benzene rings is 1. The lowest BCUT2D eigenvalue weighted by atomic mass is 10.1. The van der Waals surface area contributed by atoms with Gasteiger partial charge in [-0.15, -0.1) is 0 Å². The van der Waals surface area contributed by atoms with E-state index in [9.17, 15) is 22.0 Å². The van der Waals surface area contributed by atoms with Gasteiger partial charge in [-0.3, -0.25) is 4.79 Å². The van der Waals surface area contributed by atoms with Crippen LogP contribution in [0.4, 0.5) is 8.78 Å². The first-order chi connectivity index (χ1) is 9.72. The Morgan fingerprint density at radius 1 is 1.19 bits per heavy atom. The van der Waals surface area contributed by atoms with E-state index in [2.05, 4.69) is 0 Å². The van der Waals surface area contributed by atoms with Gasteiger partial charge in [0.15, 0.2) is 0 Å². The zero-order chi connectivity index (χ0) is 16.2. The topological polar surface area (TPSA) is 95.7 Å². The number of hydrogen-bond acceptors (Lipinski definition) is 5. The predicted octanol–water partition coefficient (Wildman–Crippen LogP) is 1.19. The smallest absolute Gasteiger partial charge is 0.238 e. The second-order valence-electron chi connectivity index (χ2n) is 3.91. The molecule has 1 rings (SSSR count). The van der Waals surface area contributed by atoms with Crippen LogP contribution in [0.1, 0.15) is 24.2 Å². The summed E-state index contributed by atoms with van der Waals surface area (Å²) >= 11 is 0. The van der Waals surface area contributed by atoms with Gasteiger partial charge in [-0.25, -0.2) is 22.3 Å². The van der Waals surface area contributed by atoms with Crippen molar-refractivity contribution in [3.63, 3.8) is 0 Å². The van der Waals surface area contributed by atoms with E-state index in [4.69, 9.17) is 14.6 Å². The van der Waals surface area contributed by atoms with Crippen LogP contribution >= 0.6 is 0 Å². The Balaban J connectivity index is 3.27. The highest BCUT2D eigenvalue weighted by Gasteiger charge is 2.28. The van der Waals surface area contributed by atoms with Gasteiger partial charge in [-0.1, -0.05) is 0 Å². The number of primary sulfonamides is 1. The van der Waals surface area contributed by atoms with Crippen LogP contribution in [0, 0.1) is 11.6 Å². The first-order valence-corrected chi connectivity index (χ1v) is 7.56. The van der Waals surface area contributed by atoms with Crippen LogP contribution in [0.15, 0.2) is 17.0 Å². The van der Waals surface area contributed by atoms with Crippen molar-refractivity contribution in [2.24, 2.45) is 5.14 Å². The first kappa shape index (κ1) is 17.6. The number of nitrogens with two attached hydrogens (primary N) is 1. The molecule has 2 N–H and O–H groups in total. The number of hydrogen-bond donors (Lipinski definition) is 1. The largest absolute Gasteiger partial charge is 0.346 e. The quantitative estimate of drug-likeness (QED) is 0.601. The monoisotopic (exact) mass is 323 g/mol. The van der Waals surface area contributed by atoms with Crippen LogP contribution in [0.25, 0.3) is 0 Å². The molecule has 1 aromatic carbocycles. The van der Waals surface area contributed by atoms with Gasteiger partial charge in [-0.05, 0) is 26.0 Å². The van der Waals surface area contributed by atoms with Gasteiger partial charge < -0.3 is 9.47 Å². The average molecular weight is 323 g/mol. The Morgan fingerprint density at radius 3 is 1.95 bits per heavy atom. The number of Topliss-reactive ketones (excluding diaryl/α,β-unsaturated/α-hetero) is 1. The molecule has 0 bridgehead atoms. The maximum absolute atomic E-state index is 13.8. The lowest BCUT2D eigenvalue weighted by molar-refractivity contribution is -0.107. The van der Waals surface area contributed by atoms with Crippen molar-refractivity contribution in [1.29, 1.82) is 0 Å². The standard InChI is InChI=1S/C12H15F2NO5S/c1-3-19-12(20-4-2)11(16)10-8(13)5-7(6-9(10)14)21(15,17)18/h5-6,12H,3-4H2,1-2H3,(H2,15,17,18). The minimum Gasteiger partial charge on any atom is -0.346 e. The Bertz CT molecular complexity index is 604. The fourth-order valence-corrected chi connectivity index (χ4v) is 2.11. The fraction of sp³-hybridized carbons (Fsp3) is 0.417. The third kappa shape index (κ3) is 4.27. The van der Waals surface area contributed by atoms with Crippen LogP contribution in [-0.4, -0.2) is 33.7 Å². The van der Waals surface area contributed by atoms with Gasteiger partial charge >= 0.3 is 0 Å². The SMILES string of the molecule is CCOC(OCC)C(=O)c1c(F)cc(S(N)(=O)=O)cc1F. The maximum Gasteiger partial charge on any atom is 0.238 e. The molecule has 0 aliphatic heterocycles. The molecule has 0 unspecified atom stereocenters. The summed E-state index contributed by atoms with van der Waals surface area (Å²) in [5.74, 6) is -3.78. The Morgan fingerprint density at radius 2 is 1.62 bits per heavy atom. The van der Waals surface area contributed by atoms with Crippen LogP contribution in [0.5, 0.6) is 0 Å². The number of carbonyl (C=O) groups is 1. The number of ketones is 1. The molecule has 0 radical (unpaired) electrons. The van der Waals surface area contributed by atoms with Crippen LogP contribution in [0.2, 0.25) is 0 Å². The van der Waals surface area contributed by atoms with Crippen molar-refractivity contribution in [3.05, 3.63) is 29.3 Å². The molecule has 9 heteroatoms. The van der Waals surface area contributed by atoms with E-state index in [1.807, 2.05) is 0 Å². The summed E-state index contributed by atoms with van der Waals surface area (Å²) < 4.78 is 59.7. The summed E-state index contributed by atoms with van der Waals surface area (Å²) in [7, 11) is -4.28. The molecule has 0 fully saturated rings. The third-order valence-corrected chi connectivity index (χ3v) is 3.33. The maximum atomic E-state index is 13.8. The molecule has 0 heterocycles. The number of carbonyl (C=O) groups excluding carboxylic acids is 1. The summed E-state index contributed by atoms with van der Waals surface area (Å²) in [5.41, 5.74) is -0.936. The molecule has 0 atom stereocenters. The van der Waals surface area contributed by atoms with E-state index in [1.54, 1.807) is 13.8 Å². The minimum atomic E-state index is -4.28. The van der Waals surface area contributed by atoms with Gasteiger partial charge in [-0.2, -0.15) is 0 Å². The highest BCUT2D eigenvalue weighted by molar-refractivity contribution is 7.89. The van der Waals surface area contributed by atoms with Crippen molar-refractivity contribution in [2.45, 2.75) is 25.0 Å². The molecule has 0 amide bonds. The molecule has 0 saturated carbocycles. The minimum absolute atomic E-state index is 0.0922. The summed E-state index contributed by atoms with van der Waals surface area (Å²) in [6, 6.07) is 0.946. The van der Waals surface area contributed by atoms with E-state index < -0.39 is 44.2 Å². The fourth-order valence-electron chi connectivity index (χ4n) is 1.57. The van der Waals surface area contributed by atoms with Crippen molar-refractivity contribution in [2.75, 3.05) is 13.2 Å². The lowest BCUT2D eigenvalue weighted by Crippen LogP contribution is -2.29. The molecule has 6 nitrogen and oxygen atoms in total. The molecule has 0 saturated heterocycles. The Labute approximate surface area is 120 Å². The summed E-state index contributed by atoms with van der Waals surface area (Å²) in [5, 5.41) is 4.78. The number of ether oxygens (including phenoxy) is 2. The lowest BCUT2D eigenvalue weighted by Gasteiger charge is -2.16. The molecule has 0 aliphatic rings. The average Bonchev–Trinajstić information content (AvgIpc) is 2.36. The van der Waals surface area contributed by atoms with E-state index >= 15 is 0 Å². The first-order valence-electron chi connectivity index (χ1n) is 6.01. The second kappa shape index (κ2) is 7.03. The molecule has 118 valence electrons. The zero-order valence-corrected chi connectivity index (χ0v) is 12.2. The highest BCUT2D eigenvalue weighted by Crippen LogP contribution is 2.20. The second-order valence-corrected chi connectivity index (χ2v) is 5.48. The normalized spacial score (nSPS) is 11.9. The van der Waals surface area contributed by atoms with E-state index in [-0.39, 0.29) is 13.2 Å². The summed E-state index contributed by atoms with van der Waals surface area (Å²) in [6.07, 6.45) is -1.47. The van der Waals surface area contributed by atoms with E-state index in [0.717, 1.165) is 0 Å². The van der Waals surface area contributed by atoms with Gasteiger partial charge in [0.2, 0.25) is 22.1 Å². The summed E-state index contributed by atoms with van der Waals surface area (Å²) in [6.45, 7) is 3.34. The van der Waals surface area contributed by atoms with Crippen molar-refractivity contribution < 1.29 is 31.5 Å². The highest BCUT2D eigenvalue weighted by atomic mass is 32.2. The van der Waals surface area contributed by atoms with Gasteiger partial charge in [0.1, 0.15) is 11.6 Å². The van der Waals surface area contributed by atoms with Crippen molar-refractivity contribution >= 4 is 15.8 Å². The van der Waals surface area contributed by atoms with Crippen molar-refractivity contribution in [3.8, 4) is 0 Å². The molecule has 0 aromatic heterocycles. The van der Waals surface area contributed by atoms with Crippen LogP contribution in [-0.2, 0) is 19.5 Å². The van der Waals surface area contributed by atoms with Gasteiger partial charge in [0.25, 0.3) is 0 Å². The van der Waals surface area contributed by atoms with E-state index in [0.29, 0.717) is 12.1 Å². The number of sulfonamides is 1. The molecule has 1 aromatic rings. The van der Waals surface area contributed by atoms with Crippen molar-refractivity contribution in [1.82, 2.24) is 0 Å². The molecular weight excluding hydrogens is 308 g/mol. The molecule has 0 aliphatic carbocycles. The van der Waals surface area contributed by atoms with Gasteiger partial charge in [0.05, 0.1) is 10.5 Å². The summed E-state index contributed by atoms with van der Waals surface area (Å²) in [4.78, 5) is 11.3. The Kier molecular flexibility index (Phi) is 5.90. The zero-order valence-electron chi connectivity index (χ0n) is 11.4. The molecule has 21 heavy (non-hydrogen) atoms. The van der Waals surface area contributed by atoms with Gasteiger partial charge in [0, 0.05) is 13.2 Å². The van der Waals surface area contributed by atoms with Crippen LogP contribution in [0.3, 0.4) is 0 Å². The van der Waals surface area contributed by atoms with Crippen LogP contribution < -0.4 is 5.14 Å². The third-order valence-electron chi connectivity index (χ3n) is 2.44. The van der Waals surface area contributed by atoms with E-state index in [1.165, 1.54) is 0 Å². The Hall–Kier alpha value is -1.42. The molecular formula is C12H15F2NO5S. The predicted molar refractivity (Wildman–Crippen MR) is 69.1 cm³/mol. The molecule has 0 spiro atoms.